The zero-order valence-corrected chi connectivity index (χ0v) is 21.5. The highest BCUT2D eigenvalue weighted by Crippen LogP contribution is 2.44. The molecule has 2 aromatic heterocycles. The van der Waals surface area contributed by atoms with Crippen molar-refractivity contribution in [1.82, 2.24) is 4.98 Å². The number of benzene rings is 2. The Balaban J connectivity index is 1.80. The van der Waals surface area contributed by atoms with Crippen molar-refractivity contribution in [2.24, 2.45) is 0 Å². The number of halogens is 1. The molecule has 3 heterocycles. The van der Waals surface area contributed by atoms with E-state index in [0.29, 0.717) is 44.8 Å². The fraction of sp³-hybridized carbons (Fsp3) is 0.269. The molecule has 0 spiro atoms. The van der Waals surface area contributed by atoms with Crippen LogP contribution in [0.3, 0.4) is 0 Å². The molecule has 4 aromatic rings. The number of thiazole rings is 1. The highest BCUT2D eigenvalue weighted by Gasteiger charge is 2.45. The fourth-order valence-electron chi connectivity index (χ4n) is 4.29. The third-order valence-corrected chi connectivity index (χ3v) is 7.66. The van der Waals surface area contributed by atoms with Gasteiger partial charge in [-0.15, -0.1) is 11.3 Å². The molecular formula is C26H23ClN2O5S. The van der Waals surface area contributed by atoms with E-state index in [0.717, 1.165) is 16.1 Å². The number of anilines is 1. The number of rotatable bonds is 5. The number of hydrogen-bond donors (Lipinski definition) is 0. The Labute approximate surface area is 210 Å². The zero-order chi connectivity index (χ0) is 25.0. The van der Waals surface area contributed by atoms with E-state index < -0.39 is 11.9 Å². The SMILES string of the molecule is CCOc1ccc(C2c3c(oc4cc(C)c(Cl)cc4c3=O)C(=O)N2c2nc(C)c(C)s2)cc1OC. The second-order valence-corrected chi connectivity index (χ2v) is 9.92. The van der Waals surface area contributed by atoms with Gasteiger partial charge >= 0.3 is 0 Å². The summed E-state index contributed by atoms with van der Waals surface area (Å²) in [4.78, 5) is 34.7. The van der Waals surface area contributed by atoms with Crippen LogP contribution in [0.5, 0.6) is 11.5 Å². The number of amides is 1. The molecule has 0 N–H and O–H groups in total. The lowest BCUT2D eigenvalue weighted by Crippen LogP contribution is -2.29. The maximum absolute atomic E-state index is 13.8. The van der Waals surface area contributed by atoms with Crippen LogP contribution in [0.25, 0.3) is 11.0 Å². The van der Waals surface area contributed by atoms with Crippen molar-refractivity contribution in [1.29, 1.82) is 0 Å². The van der Waals surface area contributed by atoms with Gasteiger partial charge in [-0.1, -0.05) is 17.7 Å². The third-order valence-electron chi connectivity index (χ3n) is 6.18. The molecule has 0 bridgehead atoms. The quantitative estimate of drug-likeness (QED) is 0.328. The molecule has 1 aliphatic heterocycles. The van der Waals surface area contributed by atoms with Crippen molar-refractivity contribution in [3.05, 3.63) is 78.6 Å². The molecule has 0 saturated heterocycles. The summed E-state index contributed by atoms with van der Waals surface area (Å²) in [5.41, 5.74) is 2.52. The number of aromatic nitrogens is 1. The summed E-state index contributed by atoms with van der Waals surface area (Å²) < 4.78 is 17.3. The highest BCUT2D eigenvalue weighted by molar-refractivity contribution is 7.15. The van der Waals surface area contributed by atoms with E-state index in [4.69, 9.17) is 25.5 Å². The number of hydrogen-bond acceptors (Lipinski definition) is 7. The van der Waals surface area contributed by atoms with Crippen LogP contribution in [0.1, 0.15) is 50.8 Å². The summed E-state index contributed by atoms with van der Waals surface area (Å²) in [6.45, 7) is 8.01. The van der Waals surface area contributed by atoms with Gasteiger partial charge in [0.2, 0.25) is 5.76 Å². The number of fused-ring (bicyclic) bond motifs is 2. The minimum absolute atomic E-state index is 0.00702. The average molecular weight is 511 g/mol. The second-order valence-electron chi connectivity index (χ2n) is 8.33. The molecule has 2 aromatic carbocycles. The molecule has 35 heavy (non-hydrogen) atoms. The first-order chi connectivity index (χ1) is 16.7. The van der Waals surface area contributed by atoms with E-state index in [2.05, 4.69) is 4.98 Å². The third kappa shape index (κ3) is 3.68. The number of aryl methyl sites for hydroxylation is 3. The van der Waals surface area contributed by atoms with Gasteiger partial charge in [-0.25, -0.2) is 4.98 Å². The molecule has 1 amide bonds. The van der Waals surface area contributed by atoms with Crippen LogP contribution in [-0.4, -0.2) is 24.6 Å². The molecule has 0 radical (unpaired) electrons. The summed E-state index contributed by atoms with van der Waals surface area (Å²) in [5.74, 6) is 0.662. The summed E-state index contributed by atoms with van der Waals surface area (Å²) in [5, 5.41) is 1.27. The molecule has 180 valence electrons. The second kappa shape index (κ2) is 8.70. The summed E-state index contributed by atoms with van der Waals surface area (Å²) in [6, 6.07) is 7.91. The standard InChI is InChI=1S/C26H23ClN2O5S/c1-6-33-18-8-7-15(10-20(18)32-5)22-21-23(30)16-11-17(27)12(2)9-19(16)34-24(21)25(31)29(22)26-28-13(3)14(4)35-26/h7-11,22H,6H2,1-5H3. The van der Waals surface area contributed by atoms with E-state index in [1.807, 2.05) is 33.8 Å². The maximum atomic E-state index is 13.8. The molecular weight excluding hydrogens is 488 g/mol. The molecule has 1 atom stereocenters. The molecule has 5 rings (SSSR count). The van der Waals surface area contributed by atoms with E-state index in [9.17, 15) is 9.59 Å². The van der Waals surface area contributed by atoms with Crippen molar-refractivity contribution < 1.29 is 18.7 Å². The number of ether oxygens (including phenoxy) is 2. The summed E-state index contributed by atoms with van der Waals surface area (Å²) in [7, 11) is 1.55. The number of carbonyl (C=O) groups excluding carboxylic acids is 1. The van der Waals surface area contributed by atoms with Gasteiger partial charge in [-0.3, -0.25) is 14.5 Å². The van der Waals surface area contributed by atoms with Crippen LogP contribution in [0.4, 0.5) is 5.13 Å². The topological polar surface area (TPSA) is 81.9 Å². The van der Waals surface area contributed by atoms with Crippen LogP contribution < -0.4 is 19.8 Å². The van der Waals surface area contributed by atoms with Crippen LogP contribution >= 0.6 is 22.9 Å². The van der Waals surface area contributed by atoms with Crippen LogP contribution in [0, 0.1) is 20.8 Å². The Kier molecular flexibility index (Phi) is 5.81. The van der Waals surface area contributed by atoms with Crippen molar-refractivity contribution in [3.63, 3.8) is 0 Å². The molecule has 9 heteroatoms. The Morgan fingerprint density at radius 3 is 2.57 bits per heavy atom. The van der Waals surface area contributed by atoms with Crippen LogP contribution in [-0.2, 0) is 0 Å². The van der Waals surface area contributed by atoms with E-state index in [1.165, 1.54) is 16.2 Å². The van der Waals surface area contributed by atoms with Gasteiger partial charge < -0.3 is 13.9 Å². The molecule has 1 unspecified atom stereocenters. The van der Waals surface area contributed by atoms with Crippen molar-refractivity contribution >= 4 is 44.9 Å². The van der Waals surface area contributed by atoms with E-state index in [1.54, 1.807) is 31.4 Å². The molecule has 0 aliphatic carbocycles. The number of carbonyl (C=O) groups is 1. The summed E-state index contributed by atoms with van der Waals surface area (Å²) in [6.07, 6.45) is 0. The number of nitrogens with zero attached hydrogens (tertiary/aromatic N) is 2. The predicted molar refractivity (Wildman–Crippen MR) is 137 cm³/mol. The Morgan fingerprint density at radius 1 is 1.14 bits per heavy atom. The monoisotopic (exact) mass is 510 g/mol. The Morgan fingerprint density at radius 2 is 1.91 bits per heavy atom. The molecule has 0 fully saturated rings. The van der Waals surface area contributed by atoms with E-state index in [-0.39, 0.29) is 16.8 Å². The molecule has 7 nitrogen and oxygen atoms in total. The first-order valence-electron chi connectivity index (χ1n) is 11.1. The molecule has 0 saturated carbocycles. The van der Waals surface area contributed by atoms with Gasteiger partial charge in [0.25, 0.3) is 5.91 Å². The average Bonchev–Trinajstić information content (AvgIpc) is 3.31. The van der Waals surface area contributed by atoms with Gasteiger partial charge in [0, 0.05) is 9.90 Å². The highest BCUT2D eigenvalue weighted by atomic mass is 35.5. The van der Waals surface area contributed by atoms with Crippen molar-refractivity contribution in [3.8, 4) is 11.5 Å². The lowest BCUT2D eigenvalue weighted by atomic mass is 9.98. The maximum Gasteiger partial charge on any atom is 0.297 e. The minimum atomic E-state index is -0.757. The van der Waals surface area contributed by atoms with Crippen LogP contribution in [0.2, 0.25) is 5.02 Å². The zero-order valence-electron chi connectivity index (χ0n) is 19.9. The normalized spacial score (nSPS) is 15.1. The largest absolute Gasteiger partial charge is 0.493 e. The first-order valence-corrected chi connectivity index (χ1v) is 12.3. The van der Waals surface area contributed by atoms with Crippen molar-refractivity contribution in [2.45, 2.75) is 33.7 Å². The first kappa shape index (κ1) is 23.4. The van der Waals surface area contributed by atoms with Gasteiger partial charge in [0.1, 0.15) is 5.58 Å². The van der Waals surface area contributed by atoms with Gasteiger partial charge in [-0.2, -0.15) is 0 Å². The van der Waals surface area contributed by atoms with Crippen molar-refractivity contribution in [2.75, 3.05) is 18.6 Å². The summed E-state index contributed by atoms with van der Waals surface area (Å²) >= 11 is 7.72. The predicted octanol–water partition coefficient (Wildman–Crippen LogP) is 5.99. The Bertz CT molecular complexity index is 1540. The van der Waals surface area contributed by atoms with E-state index >= 15 is 0 Å². The number of methoxy groups -OCH3 is 1. The van der Waals surface area contributed by atoms with Gasteiger partial charge in [-0.05, 0) is 63.1 Å². The smallest absolute Gasteiger partial charge is 0.297 e. The van der Waals surface area contributed by atoms with Crippen LogP contribution in [0.15, 0.2) is 39.5 Å². The fourth-order valence-corrected chi connectivity index (χ4v) is 5.39. The lowest BCUT2D eigenvalue weighted by Gasteiger charge is -2.23. The van der Waals surface area contributed by atoms with Gasteiger partial charge in [0.05, 0.1) is 36.4 Å². The molecule has 1 aliphatic rings. The minimum Gasteiger partial charge on any atom is -0.493 e. The Hall–Kier alpha value is -3.36. The lowest BCUT2D eigenvalue weighted by molar-refractivity contribution is 0.0971. The van der Waals surface area contributed by atoms with Gasteiger partial charge in [0.15, 0.2) is 22.1 Å².